The van der Waals surface area contributed by atoms with Crippen LogP contribution in [0, 0.1) is 0 Å². The summed E-state index contributed by atoms with van der Waals surface area (Å²) in [6, 6.07) is 5.83. The molecule has 0 radical (unpaired) electrons. The fraction of sp³-hybridized carbons (Fsp3) is 0.375. The molecule has 3 N–H and O–H groups in total. The minimum absolute atomic E-state index is 0.0788. The molecular weight excluding hydrogens is 360 g/mol. The third kappa shape index (κ3) is 4.21. The van der Waals surface area contributed by atoms with E-state index in [9.17, 15) is 13.2 Å². The first kappa shape index (κ1) is 18.4. The molecule has 1 aromatic carbocycles. The molecule has 1 fully saturated rings. The van der Waals surface area contributed by atoms with Crippen LogP contribution in [0.4, 0.5) is 0 Å². The van der Waals surface area contributed by atoms with Crippen LogP contribution in [-0.4, -0.2) is 49.5 Å². The highest BCUT2D eigenvalue weighted by Gasteiger charge is 2.32. The molecule has 0 aliphatic carbocycles. The number of nitrogens with zero attached hydrogens (tertiary/aromatic N) is 2. The van der Waals surface area contributed by atoms with Crippen molar-refractivity contribution in [2.75, 3.05) is 13.2 Å². The third-order valence-electron chi connectivity index (χ3n) is 4.02. The fourth-order valence-corrected chi connectivity index (χ4v) is 3.88. The second-order valence-electron chi connectivity index (χ2n) is 5.99. The van der Waals surface area contributed by atoms with Crippen molar-refractivity contribution in [1.29, 1.82) is 0 Å². The predicted molar refractivity (Wildman–Crippen MR) is 92.1 cm³/mol. The molecule has 1 aliphatic rings. The maximum atomic E-state index is 12.5. The molecule has 0 spiro atoms. The second kappa shape index (κ2) is 7.44. The van der Waals surface area contributed by atoms with Crippen molar-refractivity contribution in [1.82, 2.24) is 14.5 Å². The number of ether oxygens (including phenoxy) is 2. The van der Waals surface area contributed by atoms with Gasteiger partial charge in [-0.2, -0.15) is 5.10 Å². The van der Waals surface area contributed by atoms with Crippen molar-refractivity contribution in [2.45, 2.75) is 23.5 Å². The number of hydrogen-bond acceptors (Lipinski definition) is 6. The topological polar surface area (TPSA) is 126 Å². The lowest BCUT2D eigenvalue weighted by atomic mass is 10.1. The quantitative estimate of drug-likeness (QED) is 0.728. The Labute approximate surface area is 151 Å². The van der Waals surface area contributed by atoms with E-state index >= 15 is 0 Å². The Morgan fingerprint density at radius 3 is 2.73 bits per heavy atom. The molecule has 2 heterocycles. The Morgan fingerprint density at radius 2 is 2.12 bits per heavy atom. The molecule has 1 saturated heterocycles. The van der Waals surface area contributed by atoms with Crippen molar-refractivity contribution in [3.8, 4) is 5.75 Å². The molecule has 26 heavy (non-hydrogen) atoms. The second-order valence-corrected chi connectivity index (χ2v) is 7.70. The summed E-state index contributed by atoms with van der Waals surface area (Å²) in [5, 5.41) is 3.88. The zero-order valence-corrected chi connectivity index (χ0v) is 15.0. The molecule has 9 nitrogen and oxygen atoms in total. The molecule has 3 rings (SSSR count). The number of benzene rings is 1. The number of nitrogens with two attached hydrogens (primary N) is 1. The molecule has 1 amide bonds. The number of hydrogen-bond donors (Lipinski definition) is 2. The zero-order valence-electron chi connectivity index (χ0n) is 14.2. The van der Waals surface area contributed by atoms with Gasteiger partial charge in [0.25, 0.3) is 0 Å². The van der Waals surface area contributed by atoms with Gasteiger partial charge in [0.2, 0.25) is 15.9 Å². The van der Waals surface area contributed by atoms with E-state index in [0.717, 1.165) is 0 Å². The Hall–Kier alpha value is -2.43. The fourth-order valence-electron chi connectivity index (χ4n) is 2.65. The van der Waals surface area contributed by atoms with Crippen LogP contribution in [-0.2, 0) is 21.8 Å². The Kier molecular flexibility index (Phi) is 5.25. The van der Waals surface area contributed by atoms with Gasteiger partial charge in [0.05, 0.1) is 25.5 Å². The first-order valence-corrected chi connectivity index (χ1v) is 9.49. The van der Waals surface area contributed by atoms with Gasteiger partial charge in [0.15, 0.2) is 0 Å². The summed E-state index contributed by atoms with van der Waals surface area (Å²) in [5.74, 6) is -0.00259. The van der Waals surface area contributed by atoms with Gasteiger partial charge in [-0.3, -0.25) is 9.48 Å². The maximum Gasteiger partial charge on any atom is 0.248 e. The average Bonchev–Trinajstić information content (AvgIpc) is 3.04. The number of aromatic nitrogens is 2. The summed E-state index contributed by atoms with van der Waals surface area (Å²) in [5.41, 5.74) is 5.59. The monoisotopic (exact) mass is 380 g/mol. The van der Waals surface area contributed by atoms with Crippen LogP contribution in [0.2, 0.25) is 0 Å². The Bertz CT molecular complexity index is 878. The number of amides is 1. The van der Waals surface area contributed by atoms with Gasteiger partial charge >= 0.3 is 0 Å². The van der Waals surface area contributed by atoms with Crippen molar-refractivity contribution in [3.63, 3.8) is 0 Å². The minimum Gasteiger partial charge on any atom is -0.489 e. The van der Waals surface area contributed by atoms with Crippen molar-refractivity contribution in [2.24, 2.45) is 12.8 Å². The normalized spacial score (nSPS) is 20.7. The van der Waals surface area contributed by atoms with E-state index in [0.29, 0.717) is 24.3 Å². The van der Waals surface area contributed by atoms with Gasteiger partial charge in [-0.1, -0.05) is 0 Å². The van der Waals surface area contributed by atoms with Crippen molar-refractivity contribution >= 4 is 15.9 Å². The van der Waals surface area contributed by atoms with Crippen LogP contribution in [0.25, 0.3) is 0 Å². The van der Waals surface area contributed by atoms with Gasteiger partial charge in [-0.25, -0.2) is 13.1 Å². The average molecular weight is 380 g/mol. The first-order valence-electron chi connectivity index (χ1n) is 8.00. The highest BCUT2D eigenvalue weighted by molar-refractivity contribution is 7.89. The molecular formula is C16H20N4O5S. The van der Waals surface area contributed by atoms with E-state index in [4.69, 9.17) is 15.2 Å². The Balaban J connectivity index is 1.72. The van der Waals surface area contributed by atoms with Crippen LogP contribution >= 0.6 is 0 Å². The van der Waals surface area contributed by atoms with Crippen LogP contribution in [0.1, 0.15) is 16.8 Å². The summed E-state index contributed by atoms with van der Waals surface area (Å²) in [6.07, 6.45) is 2.82. The lowest BCUT2D eigenvalue weighted by Gasteiger charge is -2.32. The van der Waals surface area contributed by atoms with Gasteiger partial charge < -0.3 is 15.2 Å². The van der Waals surface area contributed by atoms with Crippen molar-refractivity contribution in [3.05, 3.63) is 42.2 Å². The molecule has 2 atom stereocenters. The number of nitrogens with one attached hydrogen (secondary N) is 1. The lowest BCUT2D eigenvalue weighted by Crippen LogP contribution is -2.51. The van der Waals surface area contributed by atoms with Crippen molar-refractivity contribution < 1.29 is 22.7 Å². The largest absolute Gasteiger partial charge is 0.489 e. The molecule has 0 unspecified atom stereocenters. The Morgan fingerprint density at radius 1 is 1.38 bits per heavy atom. The number of aryl methyl sites for hydroxylation is 1. The number of primary amides is 1. The van der Waals surface area contributed by atoms with Gasteiger partial charge in [0, 0.05) is 25.2 Å². The van der Waals surface area contributed by atoms with Crippen LogP contribution in [0.15, 0.2) is 41.6 Å². The summed E-state index contributed by atoms with van der Waals surface area (Å²) < 4.78 is 40.4. The van der Waals surface area contributed by atoms with E-state index < -0.39 is 28.1 Å². The maximum absolute atomic E-state index is 12.5. The van der Waals surface area contributed by atoms with Crippen LogP contribution in [0.3, 0.4) is 0 Å². The number of carbonyl (C=O) groups is 1. The molecule has 2 aromatic rings. The number of carbonyl (C=O) groups excluding carboxylic acids is 1. The lowest BCUT2D eigenvalue weighted by molar-refractivity contribution is 0.00321. The highest BCUT2D eigenvalue weighted by atomic mass is 32.2. The summed E-state index contributed by atoms with van der Waals surface area (Å²) in [6.45, 7) is 0.665. The number of sulfonamides is 1. The van der Waals surface area contributed by atoms with E-state index in [1.54, 1.807) is 31.3 Å². The SMILES string of the molecule is Cn1cc(S(=O)(=O)N[C@@H]2COCC[C@H]2Oc2ccc(C(N)=O)cc2)cn1. The van der Waals surface area contributed by atoms with E-state index in [1.165, 1.54) is 17.1 Å². The van der Waals surface area contributed by atoms with E-state index in [-0.39, 0.29) is 11.5 Å². The molecule has 10 heteroatoms. The molecule has 1 aliphatic heterocycles. The minimum atomic E-state index is -3.74. The molecule has 140 valence electrons. The van der Waals surface area contributed by atoms with E-state index in [2.05, 4.69) is 9.82 Å². The first-order chi connectivity index (χ1) is 12.3. The molecule has 0 bridgehead atoms. The summed E-state index contributed by atoms with van der Waals surface area (Å²) >= 11 is 0. The number of rotatable bonds is 6. The van der Waals surface area contributed by atoms with Crippen LogP contribution in [0.5, 0.6) is 5.75 Å². The van der Waals surface area contributed by atoms with Crippen LogP contribution < -0.4 is 15.2 Å². The standard InChI is InChI=1S/C16H20N4O5S/c1-20-9-13(8-18-20)26(22,23)19-14-10-24-7-6-15(14)25-12-4-2-11(3-5-12)16(17)21/h2-5,8-9,14-15,19H,6-7,10H2,1H3,(H2,17,21)/t14-,15-/m1/s1. The van der Waals surface area contributed by atoms with E-state index in [1.807, 2.05) is 0 Å². The summed E-state index contributed by atoms with van der Waals surface area (Å²) in [7, 11) is -2.09. The molecule has 1 aromatic heterocycles. The zero-order chi connectivity index (χ0) is 18.7. The highest BCUT2D eigenvalue weighted by Crippen LogP contribution is 2.20. The predicted octanol–water partition coefficient (Wildman–Crippen LogP) is 0.0338. The third-order valence-corrected chi connectivity index (χ3v) is 5.46. The van der Waals surface area contributed by atoms with Gasteiger partial charge in [-0.05, 0) is 24.3 Å². The van der Waals surface area contributed by atoms with Gasteiger partial charge in [-0.15, -0.1) is 0 Å². The smallest absolute Gasteiger partial charge is 0.248 e. The molecule has 0 saturated carbocycles. The summed E-state index contributed by atoms with van der Waals surface area (Å²) in [4.78, 5) is 11.2. The van der Waals surface area contributed by atoms with Gasteiger partial charge in [0.1, 0.15) is 16.7 Å².